The second-order valence-electron chi connectivity index (χ2n) is 4.01. The molecule has 1 saturated carbocycles. The van der Waals surface area contributed by atoms with E-state index in [4.69, 9.17) is 5.73 Å². The van der Waals surface area contributed by atoms with Gasteiger partial charge in [0.2, 0.25) is 0 Å². The lowest BCUT2D eigenvalue weighted by molar-refractivity contribution is 0.795. The number of rotatable bonds is 2. The third-order valence-corrected chi connectivity index (χ3v) is 2.89. The minimum atomic E-state index is 0.323. The van der Waals surface area contributed by atoms with Crippen molar-refractivity contribution < 1.29 is 0 Å². The molecule has 1 aliphatic carbocycles. The molecule has 3 rings (SSSR count). The summed E-state index contributed by atoms with van der Waals surface area (Å²) in [5.41, 5.74) is 8.20. The van der Waals surface area contributed by atoms with Gasteiger partial charge in [-0.2, -0.15) is 5.10 Å². The summed E-state index contributed by atoms with van der Waals surface area (Å²) in [5, 5.41) is 4.34. The Hall–Kier alpha value is -1.61. The van der Waals surface area contributed by atoms with Gasteiger partial charge in [-0.25, -0.2) is 4.68 Å². The number of benzene rings is 1. The van der Waals surface area contributed by atoms with Crippen LogP contribution in [0.5, 0.6) is 0 Å². The van der Waals surface area contributed by atoms with Crippen molar-refractivity contribution in [2.45, 2.75) is 18.4 Å². The van der Waals surface area contributed by atoms with Gasteiger partial charge >= 0.3 is 0 Å². The lowest BCUT2D eigenvalue weighted by atomic mass is 10.2. The van der Waals surface area contributed by atoms with E-state index in [0.29, 0.717) is 12.0 Å². The van der Waals surface area contributed by atoms with E-state index in [1.807, 2.05) is 29.1 Å². The molecule has 0 unspecified atom stereocenters. The molecule has 15 heavy (non-hydrogen) atoms. The summed E-state index contributed by atoms with van der Waals surface area (Å²) < 4.78 is 1.98. The van der Waals surface area contributed by atoms with Gasteiger partial charge in [0.05, 0.1) is 5.69 Å². The molecule has 1 fully saturated rings. The molecular weight excluding hydrogens is 186 g/mol. The molecule has 2 atom stereocenters. The number of hydrogen-bond acceptors (Lipinski definition) is 2. The topological polar surface area (TPSA) is 43.8 Å². The summed E-state index contributed by atoms with van der Waals surface area (Å²) in [4.78, 5) is 0. The predicted octanol–water partition coefficient (Wildman–Crippen LogP) is 1.69. The van der Waals surface area contributed by atoms with E-state index in [-0.39, 0.29) is 0 Å². The predicted molar refractivity (Wildman–Crippen MR) is 58.9 cm³/mol. The SMILES string of the molecule is N[C@H]1C[C@H]1c1ccnn1-c1ccccc1. The first-order valence-corrected chi connectivity index (χ1v) is 5.21. The van der Waals surface area contributed by atoms with E-state index in [0.717, 1.165) is 12.1 Å². The molecule has 3 nitrogen and oxygen atoms in total. The van der Waals surface area contributed by atoms with Crippen molar-refractivity contribution in [2.24, 2.45) is 5.73 Å². The molecule has 0 aliphatic heterocycles. The molecule has 2 aromatic rings. The molecule has 0 saturated heterocycles. The molecular formula is C12H13N3. The normalized spacial score (nSPS) is 24.1. The van der Waals surface area contributed by atoms with Gasteiger partial charge in [0, 0.05) is 23.9 Å². The van der Waals surface area contributed by atoms with Crippen LogP contribution in [0.1, 0.15) is 18.0 Å². The van der Waals surface area contributed by atoms with Crippen LogP contribution >= 0.6 is 0 Å². The Kier molecular flexibility index (Phi) is 1.86. The van der Waals surface area contributed by atoms with Crippen LogP contribution < -0.4 is 5.73 Å². The Bertz CT molecular complexity index is 461. The van der Waals surface area contributed by atoms with Gasteiger partial charge in [0.15, 0.2) is 0 Å². The van der Waals surface area contributed by atoms with Crippen molar-refractivity contribution in [3.8, 4) is 5.69 Å². The Morgan fingerprint density at radius 3 is 2.60 bits per heavy atom. The minimum Gasteiger partial charge on any atom is -0.327 e. The molecule has 1 aromatic carbocycles. The van der Waals surface area contributed by atoms with Crippen molar-refractivity contribution in [3.05, 3.63) is 48.3 Å². The van der Waals surface area contributed by atoms with Crippen LogP contribution in [0.2, 0.25) is 0 Å². The minimum absolute atomic E-state index is 0.323. The fraction of sp³-hybridized carbons (Fsp3) is 0.250. The maximum atomic E-state index is 5.86. The molecule has 1 heterocycles. The van der Waals surface area contributed by atoms with Gasteiger partial charge < -0.3 is 5.73 Å². The zero-order valence-electron chi connectivity index (χ0n) is 8.38. The first-order valence-electron chi connectivity index (χ1n) is 5.21. The van der Waals surface area contributed by atoms with Crippen LogP contribution in [0.25, 0.3) is 5.69 Å². The molecule has 0 radical (unpaired) electrons. The Morgan fingerprint density at radius 2 is 1.93 bits per heavy atom. The van der Waals surface area contributed by atoms with Crippen molar-refractivity contribution in [2.75, 3.05) is 0 Å². The summed E-state index contributed by atoms with van der Waals surface area (Å²) in [6.07, 6.45) is 2.92. The summed E-state index contributed by atoms with van der Waals surface area (Å²) in [6.45, 7) is 0. The molecule has 2 N–H and O–H groups in total. The Morgan fingerprint density at radius 1 is 1.20 bits per heavy atom. The average Bonchev–Trinajstić information content (AvgIpc) is 2.82. The highest BCUT2D eigenvalue weighted by Crippen LogP contribution is 2.39. The largest absolute Gasteiger partial charge is 0.327 e. The van der Waals surface area contributed by atoms with Crippen LogP contribution in [-0.4, -0.2) is 15.8 Å². The van der Waals surface area contributed by atoms with Crippen LogP contribution in [0, 0.1) is 0 Å². The monoisotopic (exact) mass is 199 g/mol. The van der Waals surface area contributed by atoms with Gasteiger partial charge in [-0.3, -0.25) is 0 Å². The highest BCUT2D eigenvalue weighted by Gasteiger charge is 2.37. The first kappa shape index (κ1) is 8.68. The highest BCUT2D eigenvalue weighted by molar-refractivity contribution is 5.35. The summed E-state index contributed by atoms with van der Waals surface area (Å²) >= 11 is 0. The van der Waals surface area contributed by atoms with E-state index in [9.17, 15) is 0 Å². The van der Waals surface area contributed by atoms with Gasteiger partial charge in [0.25, 0.3) is 0 Å². The number of aromatic nitrogens is 2. The molecule has 3 heteroatoms. The third kappa shape index (κ3) is 1.45. The fourth-order valence-electron chi connectivity index (χ4n) is 1.93. The lowest BCUT2D eigenvalue weighted by Gasteiger charge is -2.05. The fourth-order valence-corrected chi connectivity index (χ4v) is 1.93. The molecule has 0 amide bonds. The number of hydrogen-bond donors (Lipinski definition) is 1. The Balaban J connectivity index is 2.02. The average molecular weight is 199 g/mol. The van der Waals surface area contributed by atoms with E-state index in [2.05, 4.69) is 23.3 Å². The maximum absolute atomic E-state index is 5.86. The summed E-state index contributed by atoms with van der Waals surface area (Å²) in [6, 6.07) is 12.6. The van der Waals surface area contributed by atoms with Crippen LogP contribution in [0.3, 0.4) is 0 Å². The molecule has 0 bridgehead atoms. The summed E-state index contributed by atoms with van der Waals surface area (Å²) in [7, 11) is 0. The van der Waals surface area contributed by atoms with Gasteiger partial charge in [-0.05, 0) is 24.6 Å². The highest BCUT2D eigenvalue weighted by atomic mass is 15.3. The van der Waals surface area contributed by atoms with Crippen molar-refractivity contribution >= 4 is 0 Å². The third-order valence-electron chi connectivity index (χ3n) is 2.89. The van der Waals surface area contributed by atoms with E-state index >= 15 is 0 Å². The zero-order chi connectivity index (χ0) is 10.3. The van der Waals surface area contributed by atoms with Crippen molar-refractivity contribution in [1.82, 2.24) is 9.78 Å². The van der Waals surface area contributed by atoms with Crippen molar-refractivity contribution in [1.29, 1.82) is 0 Å². The second kappa shape index (κ2) is 3.21. The molecule has 1 aliphatic rings. The lowest BCUT2D eigenvalue weighted by Crippen LogP contribution is -2.06. The van der Waals surface area contributed by atoms with Gasteiger partial charge in [-0.1, -0.05) is 18.2 Å². The number of para-hydroxylation sites is 1. The molecule has 0 spiro atoms. The van der Waals surface area contributed by atoms with Crippen LogP contribution in [0.15, 0.2) is 42.6 Å². The van der Waals surface area contributed by atoms with Crippen molar-refractivity contribution in [3.63, 3.8) is 0 Å². The van der Waals surface area contributed by atoms with Gasteiger partial charge in [-0.15, -0.1) is 0 Å². The van der Waals surface area contributed by atoms with E-state index in [1.165, 1.54) is 5.69 Å². The maximum Gasteiger partial charge on any atom is 0.0648 e. The number of nitrogens with zero attached hydrogens (tertiary/aromatic N) is 2. The standard InChI is InChI=1S/C12H13N3/c13-11-8-10(11)12-6-7-14-15(12)9-4-2-1-3-5-9/h1-7,10-11H,8,13H2/t10-,11+/m1/s1. The first-order chi connectivity index (χ1) is 7.36. The number of nitrogens with two attached hydrogens (primary N) is 1. The quantitative estimate of drug-likeness (QED) is 0.799. The Labute approximate surface area is 88.5 Å². The molecule has 76 valence electrons. The van der Waals surface area contributed by atoms with E-state index < -0.39 is 0 Å². The zero-order valence-corrected chi connectivity index (χ0v) is 8.38. The smallest absolute Gasteiger partial charge is 0.0648 e. The second-order valence-corrected chi connectivity index (χ2v) is 4.01. The van der Waals surface area contributed by atoms with E-state index in [1.54, 1.807) is 0 Å². The molecule has 1 aromatic heterocycles. The summed E-state index contributed by atoms with van der Waals surface area (Å²) in [5.74, 6) is 0.493. The van der Waals surface area contributed by atoms with Gasteiger partial charge in [0.1, 0.15) is 0 Å². The van der Waals surface area contributed by atoms with Crippen LogP contribution in [-0.2, 0) is 0 Å². The van der Waals surface area contributed by atoms with Crippen LogP contribution in [0.4, 0.5) is 0 Å².